The van der Waals surface area contributed by atoms with Crippen molar-refractivity contribution < 1.29 is 24.2 Å². The van der Waals surface area contributed by atoms with E-state index in [2.05, 4.69) is 5.32 Å². The number of amides is 2. The number of thioether (sulfide) groups is 1. The molecule has 1 atom stereocenters. The summed E-state index contributed by atoms with van der Waals surface area (Å²) in [5.41, 5.74) is 0. The minimum Gasteiger partial charge on any atom is -0.480 e. The highest BCUT2D eigenvalue weighted by Gasteiger charge is 2.23. The fourth-order valence-corrected chi connectivity index (χ4v) is 2.59. The van der Waals surface area contributed by atoms with Crippen LogP contribution in [0.4, 0.5) is 0 Å². The van der Waals surface area contributed by atoms with Crippen molar-refractivity contribution >= 4 is 29.5 Å². The second kappa shape index (κ2) is 8.89. The van der Waals surface area contributed by atoms with E-state index >= 15 is 0 Å². The Bertz CT molecular complexity index is 383. The summed E-state index contributed by atoms with van der Waals surface area (Å²) in [5, 5.41) is 11.4. The van der Waals surface area contributed by atoms with Gasteiger partial charge in [-0.15, -0.1) is 11.8 Å². The van der Waals surface area contributed by atoms with Gasteiger partial charge in [0.1, 0.15) is 6.04 Å². The second-order valence-corrected chi connectivity index (χ2v) is 6.10. The van der Waals surface area contributed by atoms with E-state index < -0.39 is 12.0 Å². The fourth-order valence-electron chi connectivity index (χ4n) is 1.86. The number of morpholine rings is 1. The first-order valence-electron chi connectivity index (χ1n) is 6.87. The standard InChI is InChI=1S/C13H22N2O5S/c1-9(2)12(13(18)19)14-10(16)7-21-8-11(17)15-3-5-20-6-4-15/h9,12H,3-8H2,1-2H3,(H,14,16)(H,18,19)/t12-/m0/s1. The third kappa shape index (κ3) is 6.34. The van der Waals surface area contributed by atoms with Gasteiger partial charge < -0.3 is 20.1 Å². The van der Waals surface area contributed by atoms with E-state index in [1.54, 1.807) is 18.7 Å². The summed E-state index contributed by atoms with van der Waals surface area (Å²) in [7, 11) is 0. The summed E-state index contributed by atoms with van der Waals surface area (Å²) < 4.78 is 5.16. The van der Waals surface area contributed by atoms with Crippen molar-refractivity contribution in [3.63, 3.8) is 0 Å². The highest BCUT2D eigenvalue weighted by molar-refractivity contribution is 8.00. The maximum Gasteiger partial charge on any atom is 0.326 e. The molecule has 0 saturated carbocycles. The Morgan fingerprint density at radius 1 is 1.24 bits per heavy atom. The summed E-state index contributed by atoms with van der Waals surface area (Å²) in [6.45, 7) is 5.72. The summed E-state index contributed by atoms with van der Waals surface area (Å²) in [6.07, 6.45) is 0. The van der Waals surface area contributed by atoms with E-state index in [1.165, 1.54) is 11.8 Å². The number of carbonyl (C=O) groups excluding carboxylic acids is 2. The lowest BCUT2D eigenvalue weighted by Gasteiger charge is -2.26. The monoisotopic (exact) mass is 318 g/mol. The molecule has 0 unspecified atom stereocenters. The molecular weight excluding hydrogens is 296 g/mol. The number of nitrogens with one attached hydrogen (secondary N) is 1. The predicted molar refractivity (Wildman–Crippen MR) is 79.1 cm³/mol. The number of ether oxygens (including phenoxy) is 1. The van der Waals surface area contributed by atoms with Crippen molar-refractivity contribution in [1.82, 2.24) is 10.2 Å². The van der Waals surface area contributed by atoms with Crippen molar-refractivity contribution in [2.75, 3.05) is 37.8 Å². The molecule has 1 aliphatic heterocycles. The van der Waals surface area contributed by atoms with Crippen LogP contribution in [0.1, 0.15) is 13.8 Å². The van der Waals surface area contributed by atoms with Crippen molar-refractivity contribution in [3.8, 4) is 0 Å². The largest absolute Gasteiger partial charge is 0.480 e. The molecule has 0 aromatic rings. The summed E-state index contributed by atoms with van der Waals surface area (Å²) in [5.74, 6) is -1.33. The Balaban J connectivity index is 2.26. The first-order chi connectivity index (χ1) is 9.91. The molecular formula is C13H22N2O5S. The molecule has 8 heteroatoms. The molecule has 0 spiro atoms. The molecule has 1 fully saturated rings. The topological polar surface area (TPSA) is 95.9 Å². The third-order valence-corrected chi connectivity index (χ3v) is 3.99. The van der Waals surface area contributed by atoms with E-state index in [-0.39, 0.29) is 29.2 Å². The van der Waals surface area contributed by atoms with Gasteiger partial charge in [0.25, 0.3) is 0 Å². The zero-order valence-electron chi connectivity index (χ0n) is 12.3. The van der Waals surface area contributed by atoms with E-state index in [0.717, 1.165) is 0 Å². The Morgan fingerprint density at radius 3 is 2.38 bits per heavy atom. The average Bonchev–Trinajstić information content (AvgIpc) is 2.45. The van der Waals surface area contributed by atoms with Crippen LogP contribution in [0.15, 0.2) is 0 Å². The van der Waals surface area contributed by atoms with Crippen molar-refractivity contribution in [3.05, 3.63) is 0 Å². The van der Waals surface area contributed by atoms with Gasteiger partial charge in [0.05, 0.1) is 24.7 Å². The van der Waals surface area contributed by atoms with Crippen LogP contribution in [0.3, 0.4) is 0 Å². The summed E-state index contributed by atoms with van der Waals surface area (Å²) in [6, 6.07) is -0.895. The quantitative estimate of drug-likeness (QED) is 0.675. The number of aliphatic carboxylic acids is 1. The zero-order valence-corrected chi connectivity index (χ0v) is 13.1. The highest BCUT2D eigenvalue weighted by Crippen LogP contribution is 2.06. The number of carboxylic acid groups (broad SMARTS) is 1. The van der Waals surface area contributed by atoms with Crippen LogP contribution in [0, 0.1) is 5.92 Å². The molecule has 2 amide bonds. The fraction of sp³-hybridized carbons (Fsp3) is 0.769. The van der Waals surface area contributed by atoms with Crippen LogP contribution >= 0.6 is 11.8 Å². The van der Waals surface area contributed by atoms with Crippen LogP contribution in [0.5, 0.6) is 0 Å². The van der Waals surface area contributed by atoms with Gasteiger partial charge in [-0.1, -0.05) is 13.8 Å². The van der Waals surface area contributed by atoms with Gasteiger partial charge in [0, 0.05) is 13.1 Å². The van der Waals surface area contributed by atoms with Crippen LogP contribution in [-0.2, 0) is 19.1 Å². The minimum atomic E-state index is -1.05. The summed E-state index contributed by atoms with van der Waals surface area (Å²) in [4.78, 5) is 36.2. The van der Waals surface area contributed by atoms with Gasteiger partial charge in [-0.05, 0) is 5.92 Å². The number of rotatable bonds is 7. The van der Waals surface area contributed by atoms with Gasteiger partial charge in [-0.2, -0.15) is 0 Å². The van der Waals surface area contributed by atoms with Crippen LogP contribution in [-0.4, -0.2) is 71.6 Å². The highest BCUT2D eigenvalue weighted by atomic mass is 32.2. The van der Waals surface area contributed by atoms with Crippen molar-refractivity contribution in [2.45, 2.75) is 19.9 Å². The molecule has 0 aromatic heterocycles. The molecule has 21 heavy (non-hydrogen) atoms. The SMILES string of the molecule is CC(C)[C@H](NC(=O)CSCC(=O)N1CCOCC1)C(=O)O. The lowest BCUT2D eigenvalue weighted by atomic mass is 10.1. The predicted octanol–water partition coefficient (Wildman–Crippen LogP) is -0.196. The number of hydrogen-bond donors (Lipinski definition) is 2. The Labute approximate surface area is 128 Å². The van der Waals surface area contributed by atoms with E-state index in [4.69, 9.17) is 9.84 Å². The van der Waals surface area contributed by atoms with Crippen molar-refractivity contribution in [2.24, 2.45) is 5.92 Å². The van der Waals surface area contributed by atoms with E-state index in [9.17, 15) is 14.4 Å². The molecule has 7 nitrogen and oxygen atoms in total. The van der Waals surface area contributed by atoms with Crippen LogP contribution < -0.4 is 5.32 Å². The average molecular weight is 318 g/mol. The Kier molecular flexibility index (Phi) is 7.52. The Hall–Kier alpha value is -1.28. The molecule has 2 N–H and O–H groups in total. The molecule has 0 radical (unpaired) electrons. The number of hydrogen-bond acceptors (Lipinski definition) is 5. The normalized spacial score (nSPS) is 16.6. The summed E-state index contributed by atoms with van der Waals surface area (Å²) >= 11 is 1.19. The molecule has 120 valence electrons. The molecule has 1 saturated heterocycles. The number of nitrogens with zero attached hydrogens (tertiary/aromatic N) is 1. The maximum absolute atomic E-state index is 11.8. The van der Waals surface area contributed by atoms with Gasteiger partial charge in [-0.3, -0.25) is 9.59 Å². The third-order valence-electron chi connectivity index (χ3n) is 3.07. The molecule has 1 heterocycles. The zero-order chi connectivity index (χ0) is 15.8. The van der Waals surface area contributed by atoms with Gasteiger partial charge in [0.2, 0.25) is 11.8 Å². The second-order valence-electron chi connectivity index (χ2n) is 5.11. The van der Waals surface area contributed by atoms with Crippen LogP contribution in [0.25, 0.3) is 0 Å². The lowest BCUT2D eigenvalue weighted by Crippen LogP contribution is -2.45. The molecule has 0 aliphatic carbocycles. The minimum absolute atomic E-state index is 0.0188. The van der Waals surface area contributed by atoms with Crippen LogP contribution in [0.2, 0.25) is 0 Å². The van der Waals surface area contributed by atoms with Gasteiger partial charge >= 0.3 is 5.97 Å². The first-order valence-corrected chi connectivity index (χ1v) is 8.02. The smallest absolute Gasteiger partial charge is 0.326 e. The van der Waals surface area contributed by atoms with E-state index in [0.29, 0.717) is 26.3 Å². The molecule has 0 aromatic carbocycles. The van der Waals surface area contributed by atoms with Crippen molar-refractivity contribution in [1.29, 1.82) is 0 Å². The van der Waals surface area contributed by atoms with E-state index in [1.807, 2.05) is 0 Å². The number of carbonyl (C=O) groups is 3. The number of carboxylic acids is 1. The van der Waals surface area contributed by atoms with Gasteiger partial charge in [0.15, 0.2) is 0 Å². The molecule has 1 aliphatic rings. The van der Waals surface area contributed by atoms with Gasteiger partial charge in [-0.25, -0.2) is 4.79 Å². The maximum atomic E-state index is 11.8. The molecule has 0 bridgehead atoms. The lowest BCUT2D eigenvalue weighted by molar-refractivity contribution is -0.142. The molecule has 1 rings (SSSR count). The first kappa shape index (κ1) is 17.8. The Morgan fingerprint density at radius 2 is 1.86 bits per heavy atom.